The minimum atomic E-state index is -4.49. The van der Waals surface area contributed by atoms with Crippen LogP contribution in [0.4, 0.5) is 18.9 Å². The first-order valence-electron chi connectivity index (χ1n) is 7.03. The number of carbonyl (C=O) groups is 1. The summed E-state index contributed by atoms with van der Waals surface area (Å²) in [5.41, 5.74) is -1.06. The fourth-order valence-electron chi connectivity index (χ4n) is 2.44. The molecule has 0 spiro atoms. The highest BCUT2D eigenvalue weighted by Crippen LogP contribution is 2.36. The first-order chi connectivity index (χ1) is 9.75. The fraction of sp³-hybridized carbons (Fsp3) is 0.533. The summed E-state index contributed by atoms with van der Waals surface area (Å²) in [6.45, 7) is 4.01. The van der Waals surface area contributed by atoms with E-state index in [1.165, 1.54) is 12.1 Å². The van der Waals surface area contributed by atoms with E-state index in [-0.39, 0.29) is 16.8 Å². The lowest BCUT2D eigenvalue weighted by Crippen LogP contribution is -2.50. The Morgan fingerprint density at radius 2 is 2.00 bits per heavy atom. The lowest BCUT2D eigenvalue weighted by molar-refractivity contribution is -0.137. The van der Waals surface area contributed by atoms with E-state index in [0.29, 0.717) is 6.54 Å². The maximum Gasteiger partial charge on any atom is 0.418 e. The number of carbonyl (C=O) groups excluding carboxylic acids is 1. The molecule has 21 heavy (non-hydrogen) atoms. The molecule has 1 saturated carbocycles. The average Bonchev–Trinajstić information content (AvgIpc) is 2.36. The van der Waals surface area contributed by atoms with Crippen LogP contribution in [0.15, 0.2) is 18.2 Å². The molecular formula is C15H19F3N2O. The zero-order valence-electron chi connectivity index (χ0n) is 12.1. The van der Waals surface area contributed by atoms with Crippen LogP contribution in [0, 0.1) is 0 Å². The smallest absolute Gasteiger partial charge is 0.385 e. The summed E-state index contributed by atoms with van der Waals surface area (Å²) in [5.74, 6) is -0.453. The van der Waals surface area contributed by atoms with Gasteiger partial charge in [-0.2, -0.15) is 13.2 Å². The molecule has 2 rings (SSSR count). The molecule has 0 bridgehead atoms. The lowest BCUT2D eigenvalue weighted by Gasteiger charge is -2.39. The molecule has 116 valence electrons. The number of benzene rings is 1. The number of halogens is 3. The summed E-state index contributed by atoms with van der Waals surface area (Å²) >= 11 is 0. The minimum absolute atomic E-state index is 0.00333. The van der Waals surface area contributed by atoms with E-state index in [4.69, 9.17) is 0 Å². The van der Waals surface area contributed by atoms with Gasteiger partial charge >= 0.3 is 6.18 Å². The minimum Gasteiger partial charge on any atom is -0.385 e. The molecule has 1 amide bonds. The van der Waals surface area contributed by atoms with Gasteiger partial charge in [0, 0.05) is 23.3 Å². The topological polar surface area (TPSA) is 41.1 Å². The number of nitrogens with one attached hydrogen (secondary N) is 2. The van der Waals surface area contributed by atoms with E-state index in [1.54, 1.807) is 6.92 Å². The summed E-state index contributed by atoms with van der Waals surface area (Å²) in [5, 5.41) is 5.48. The SMILES string of the molecule is CCNc1ccc(C(=O)NC2(C)CCC2)cc1C(F)(F)F. The van der Waals surface area contributed by atoms with Crippen LogP contribution in [0.2, 0.25) is 0 Å². The van der Waals surface area contributed by atoms with E-state index >= 15 is 0 Å². The molecule has 1 aliphatic carbocycles. The number of rotatable bonds is 4. The predicted octanol–water partition coefficient (Wildman–Crippen LogP) is 3.81. The zero-order valence-corrected chi connectivity index (χ0v) is 12.1. The van der Waals surface area contributed by atoms with Gasteiger partial charge in [-0.25, -0.2) is 0 Å². The van der Waals surface area contributed by atoms with Gasteiger partial charge in [0.2, 0.25) is 0 Å². The van der Waals surface area contributed by atoms with Crippen molar-refractivity contribution in [2.45, 2.75) is 44.8 Å². The van der Waals surface area contributed by atoms with Crippen LogP contribution in [0.5, 0.6) is 0 Å². The lowest BCUT2D eigenvalue weighted by atomic mass is 9.78. The van der Waals surface area contributed by atoms with Crippen LogP contribution in [0.3, 0.4) is 0 Å². The van der Waals surface area contributed by atoms with Crippen molar-refractivity contribution >= 4 is 11.6 Å². The molecule has 1 aliphatic rings. The molecule has 1 fully saturated rings. The van der Waals surface area contributed by atoms with Crippen LogP contribution in [0.1, 0.15) is 49.0 Å². The molecule has 3 nitrogen and oxygen atoms in total. The largest absolute Gasteiger partial charge is 0.418 e. The first kappa shape index (κ1) is 15.7. The van der Waals surface area contributed by atoms with Crippen LogP contribution in [-0.4, -0.2) is 18.0 Å². The third kappa shape index (κ3) is 3.49. The second-order valence-corrected chi connectivity index (χ2v) is 5.66. The number of hydrogen-bond acceptors (Lipinski definition) is 2. The van der Waals surface area contributed by atoms with Crippen molar-refractivity contribution in [2.24, 2.45) is 0 Å². The number of hydrogen-bond donors (Lipinski definition) is 2. The van der Waals surface area contributed by atoms with Crippen LogP contribution >= 0.6 is 0 Å². The van der Waals surface area contributed by atoms with E-state index in [1.807, 2.05) is 6.92 Å². The van der Waals surface area contributed by atoms with Gasteiger partial charge in [0.05, 0.1) is 5.56 Å². The Balaban J connectivity index is 2.26. The highest BCUT2D eigenvalue weighted by Gasteiger charge is 2.36. The average molecular weight is 300 g/mol. The van der Waals surface area contributed by atoms with Gasteiger partial charge in [-0.15, -0.1) is 0 Å². The molecule has 1 aromatic carbocycles. The van der Waals surface area contributed by atoms with Gasteiger partial charge < -0.3 is 10.6 Å². The highest BCUT2D eigenvalue weighted by molar-refractivity contribution is 5.95. The van der Waals surface area contributed by atoms with Crippen LogP contribution in [0.25, 0.3) is 0 Å². The fourth-order valence-corrected chi connectivity index (χ4v) is 2.44. The summed E-state index contributed by atoms with van der Waals surface area (Å²) in [6.07, 6.45) is -1.74. The highest BCUT2D eigenvalue weighted by atomic mass is 19.4. The summed E-state index contributed by atoms with van der Waals surface area (Å²) in [6, 6.07) is 3.64. The van der Waals surface area contributed by atoms with E-state index < -0.39 is 17.6 Å². The van der Waals surface area contributed by atoms with Crippen LogP contribution in [-0.2, 0) is 6.18 Å². The van der Waals surface area contributed by atoms with Gasteiger partial charge in [0.1, 0.15) is 0 Å². The standard InChI is InChI=1S/C15H19F3N2O/c1-3-19-12-6-5-10(9-11(12)15(16,17)18)13(21)20-14(2)7-4-8-14/h5-6,9,19H,3-4,7-8H2,1-2H3,(H,20,21). The second kappa shape index (κ2) is 5.58. The summed E-state index contributed by atoms with van der Waals surface area (Å²) < 4.78 is 39.2. The maximum absolute atomic E-state index is 13.1. The van der Waals surface area contributed by atoms with Crippen molar-refractivity contribution in [3.63, 3.8) is 0 Å². The van der Waals surface area contributed by atoms with Gasteiger partial charge in [-0.3, -0.25) is 4.79 Å². The van der Waals surface area contributed by atoms with E-state index in [2.05, 4.69) is 10.6 Å². The van der Waals surface area contributed by atoms with Gasteiger partial charge in [-0.05, 0) is 51.3 Å². The second-order valence-electron chi connectivity index (χ2n) is 5.66. The quantitative estimate of drug-likeness (QED) is 0.888. The van der Waals surface area contributed by atoms with E-state index in [9.17, 15) is 18.0 Å². The molecular weight excluding hydrogens is 281 g/mol. The summed E-state index contributed by atoms with van der Waals surface area (Å²) in [4.78, 5) is 12.1. The number of anilines is 1. The Morgan fingerprint density at radius 3 is 2.48 bits per heavy atom. The molecule has 0 aromatic heterocycles. The van der Waals surface area contributed by atoms with Gasteiger partial charge in [0.15, 0.2) is 0 Å². The molecule has 0 atom stereocenters. The third-order valence-electron chi connectivity index (χ3n) is 3.83. The predicted molar refractivity (Wildman–Crippen MR) is 75.3 cm³/mol. The molecule has 0 unspecified atom stereocenters. The molecule has 1 aromatic rings. The van der Waals surface area contributed by atoms with Crippen molar-refractivity contribution in [3.8, 4) is 0 Å². The summed E-state index contributed by atoms with van der Waals surface area (Å²) in [7, 11) is 0. The number of amides is 1. The Kier molecular flexibility index (Phi) is 4.16. The normalized spacial score (nSPS) is 17.0. The molecule has 6 heteroatoms. The Labute approximate surface area is 121 Å². The van der Waals surface area contributed by atoms with Crippen molar-refractivity contribution < 1.29 is 18.0 Å². The van der Waals surface area contributed by atoms with Gasteiger partial charge in [-0.1, -0.05) is 0 Å². The first-order valence-corrected chi connectivity index (χ1v) is 7.03. The van der Waals surface area contributed by atoms with Crippen molar-refractivity contribution in [2.75, 3.05) is 11.9 Å². The molecule has 2 N–H and O–H groups in total. The molecule has 0 aliphatic heterocycles. The van der Waals surface area contributed by atoms with Crippen molar-refractivity contribution in [1.29, 1.82) is 0 Å². The monoisotopic (exact) mass is 300 g/mol. The molecule has 0 heterocycles. The van der Waals surface area contributed by atoms with E-state index in [0.717, 1.165) is 25.3 Å². The Morgan fingerprint density at radius 1 is 1.33 bits per heavy atom. The third-order valence-corrected chi connectivity index (χ3v) is 3.83. The molecule has 0 saturated heterocycles. The maximum atomic E-state index is 13.1. The molecule has 0 radical (unpaired) electrons. The Hall–Kier alpha value is -1.72. The van der Waals surface area contributed by atoms with Gasteiger partial charge in [0.25, 0.3) is 5.91 Å². The number of alkyl halides is 3. The van der Waals surface area contributed by atoms with Crippen molar-refractivity contribution in [1.82, 2.24) is 5.32 Å². The zero-order chi connectivity index (χ0) is 15.7. The van der Waals surface area contributed by atoms with Crippen molar-refractivity contribution in [3.05, 3.63) is 29.3 Å². The van der Waals surface area contributed by atoms with Crippen LogP contribution < -0.4 is 10.6 Å². The Bertz CT molecular complexity index is 536.